The SMILES string of the molecule is CC/C=C\C/C=C\C/C=C\C/C=C\C/C=C\C/C=C\C/C=C\CCCCCC(=O)OC(COC(=O)CCCCCCCC/C=C\C/C=C\C/C=C\CCCCC)COP(=O)(O)OCCN. The maximum Gasteiger partial charge on any atom is 0.472 e. The third kappa shape index (κ3) is 49.7. The van der Waals surface area contributed by atoms with Gasteiger partial charge in [-0.15, -0.1) is 0 Å². The Morgan fingerprint density at radius 2 is 0.846 bits per heavy atom. The van der Waals surface area contributed by atoms with Gasteiger partial charge in [0.15, 0.2) is 6.10 Å². The van der Waals surface area contributed by atoms with Crippen molar-refractivity contribution >= 4 is 19.8 Å². The monoisotopic (exact) mass is 924 g/mol. The number of phosphoric ester groups is 1. The number of unbranched alkanes of at least 4 members (excludes halogenated alkanes) is 12. The van der Waals surface area contributed by atoms with E-state index >= 15 is 0 Å². The zero-order chi connectivity index (χ0) is 47.4. The molecule has 2 atom stereocenters. The third-order valence-corrected chi connectivity index (χ3v) is 10.8. The van der Waals surface area contributed by atoms with E-state index in [9.17, 15) is 19.0 Å². The van der Waals surface area contributed by atoms with Crippen LogP contribution in [0.15, 0.2) is 122 Å². The Kier molecular flexibility index (Phi) is 47.1. The van der Waals surface area contributed by atoms with E-state index in [1.165, 1.54) is 25.7 Å². The fourth-order valence-corrected chi connectivity index (χ4v) is 6.91. The number of nitrogens with two attached hydrogens (primary N) is 1. The molecule has 0 bridgehead atoms. The van der Waals surface area contributed by atoms with E-state index in [-0.39, 0.29) is 32.6 Å². The lowest BCUT2D eigenvalue weighted by atomic mass is 10.1. The minimum atomic E-state index is -4.41. The second-order valence-electron chi connectivity index (χ2n) is 15.9. The van der Waals surface area contributed by atoms with Gasteiger partial charge in [-0.05, 0) is 109 Å². The van der Waals surface area contributed by atoms with Gasteiger partial charge in [0.25, 0.3) is 0 Å². The minimum absolute atomic E-state index is 0.0382. The average Bonchev–Trinajstić information content (AvgIpc) is 3.30. The maximum atomic E-state index is 12.6. The number of allylic oxidation sites excluding steroid dienone is 20. The Labute approximate surface area is 396 Å². The molecule has 0 aromatic carbocycles. The number of hydrogen-bond acceptors (Lipinski definition) is 8. The molecule has 0 aliphatic rings. The summed E-state index contributed by atoms with van der Waals surface area (Å²) in [4.78, 5) is 35.0. The highest BCUT2D eigenvalue weighted by molar-refractivity contribution is 7.47. The van der Waals surface area contributed by atoms with Gasteiger partial charge >= 0.3 is 19.8 Å². The predicted molar refractivity (Wildman–Crippen MR) is 274 cm³/mol. The van der Waals surface area contributed by atoms with Gasteiger partial charge in [-0.1, -0.05) is 180 Å². The Balaban J connectivity index is 4.22. The minimum Gasteiger partial charge on any atom is -0.462 e. The van der Waals surface area contributed by atoms with Gasteiger partial charge in [-0.2, -0.15) is 0 Å². The number of esters is 2. The molecule has 0 aromatic heterocycles. The molecule has 0 rings (SSSR count). The number of phosphoric acid groups is 1. The van der Waals surface area contributed by atoms with Crippen molar-refractivity contribution in [1.82, 2.24) is 0 Å². The Hall–Kier alpha value is -3.59. The van der Waals surface area contributed by atoms with Crippen LogP contribution in [0.2, 0.25) is 0 Å². The first kappa shape index (κ1) is 61.4. The first-order chi connectivity index (χ1) is 31.8. The van der Waals surface area contributed by atoms with Gasteiger partial charge < -0.3 is 20.1 Å². The predicted octanol–water partition coefficient (Wildman–Crippen LogP) is 15.3. The van der Waals surface area contributed by atoms with E-state index in [1.54, 1.807) is 0 Å². The van der Waals surface area contributed by atoms with E-state index < -0.39 is 32.5 Å². The molecule has 0 aliphatic carbocycles. The highest BCUT2D eigenvalue weighted by Crippen LogP contribution is 2.43. The number of carbonyl (C=O) groups excluding carboxylic acids is 2. The Morgan fingerprint density at radius 1 is 0.477 bits per heavy atom. The van der Waals surface area contributed by atoms with Gasteiger partial charge in [0.1, 0.15) is 6.61 Å². The summed E-state index contributed by atoms with van der Waals surface area (Å²) in [5.74, 6) is -0.893. The summed E-state index contributed by atoms with van der Waals surface area (Å²) < 4.78 is 32.9. The molecule has 10 heteroatoms. The van der Waals surface area contributed by atoms with Crippen LogP contribution in [-0.4, -0.2) is 49.3 Å². The normalized spacial score (nSPS) is 14.2. The molecule has 3 N–H and O–H groups in total. The summed E-state index contributed by atoms with van der Waals surface area (Å²) in [7, 11) is -4.41. The van der Waals surface area contributed by atoms with Crippen molar-refractivity contribution < 1.29 is 37.6 Å². The summed E-state index contributed by atoms with van der Waals surface area (Å²) in [6, 6.07) is 0. The van der Waals surface area contributed by atoms with Crippen molar-refractivity contribution in [3.8, 4) is 0 Å². The number of ether oxygens (including phenoxy) is 2. The summed E-state index contributed by atoms with van der Waals surface area (Å²) in [6.45, 7) is 3.52. The number of hydrogen-bond donors (Lipinski definition) is 2. The summed E-state index contributed by atoms with van der Waals surface area (Å²) in [5, 5.41) is 0. The maximum absolute atomic E-state index is 12.6. The largest absolute Gasteiger partial charge is 0.472 e. The van der Waals surface area contributed by atoms with Crippen LogP contribution in [0.3, 0.4) is 0 Å². The van der Waals surface area contributed by atoms with Crippen molar-refractivity contribution in [1.29, 1.82) is 0 Å². The third-order valence-electron chi connectivity index (χ3n) is 9.83. The van der Waals surface area contributed by atoms with Crippen LogP contribution in [0.25, 0.3) is 0 Å². The highest BCUT2D eigenvalue weighted by atomic mass is 31.2. The fraction of sp³-hybridized carbons (Fsp3) is 0.600. The summed E-state index contributed by atoms with van der Waals surface area (Å²) in [6.07, 6.45) is 68.0. The van der Waals surface area contributed by atoms with Crippen molar-refractivity contribution in [2.45, 2.75) is 187 Å². The van der Waals surface area contributed by atoms with E-state index in [0.717, 1.165) is 116 Å². The Morgan fingerprint density at radius 3 is 1.28 bits per heavy atom. The summed E-state index contributed by atoms with van der Waals surface area (Å²) >= 11 is 0. The molecule has 0 heterocycles. The molecule has 0 aliphatic heterocycles. The van der Waals surface area contributed by atoms with Gasteiger partial charge in [0, 0.05) is 19.4 Å². The van der Waals surface area contributed by atoms with E-state index in [0.29, 0.717) is 12.8 Å². The van der Waals surface area contributed by atoms with E-state index in [2.05, 4.69) is 135 Å². The molecule has 0 radical (unpaired) electrons. The number of rotatable bonds is 45. The molecule has 368 valence electrons. The van der Waals surface area contributed by atoms with Gasteiger partial charge in [0.05, 0.1) is 13.2 Å². The molecule has 0 fully saturated rings. The zero-order valence-corrected chi connectivity index (χ0v) is 41.6. The van der Waals surface area contributed by atoms with Crippen molar-refractivity contribution in [3.63, 3.8) is 0 Å². The molecule has 0 spiro atoms. The molecular formula is C55H90NO8P. The van der Waals surface area contributed by atoms with Crippen LogP contribution in [0.1, 0.15) is 181 Å². The first-order valence-corrected chi connectivity index (χ1v) is 26.5. The van der Waals surface area contributed by atoms with Crippen LogP contribution in [-0.2, 0) is 32.7 Å². The van der Waals surface area contributed by atoms with Crippen LogP contribution >= 0.6 is 7.82 Å². The lowest BCUT2D eigenvalue weighted by Crippen LogP contribution is -2.29. The molecule has 0 saturated heterocycles. The first-order valence-electron chi connectivity index (χ1n) is 25.0. The molecule has 2 unspecified atom stereocenters. The molecule has 0 aromatic rings. The zero-order valence-electron chi connectivity index (χ0n) is 40.7. The van der Waals surface area contributed by atoms with E-state index in [1.807, 2.05) is 0 Å². The second-order valence-corrected chi connectivity index (χ2v) is 17.4. The second kappa shape index (κ2) is 49.8. The lowest BCUT2D eigenvalue weighted by molar-refractivity contribution is -0.161. The average molecular weight is 924 g/mol. The standard InChI is InChI=1S/C55H90NO8P/c1-3-5-7-9-11-13-15-17-19-21-23-24-25-26-27-28-30-32-34-36-38-40-42-44-46-48-55(58)64-53(52-63-65(59,60)62-50-49-56)51-61-54(57)47-45-43-41-39-37-35-33-31-29-22-20-18-16-14-12-10-8-6-4-2/h5,7,11-14,17-20,23-24,26-27,29-32,36,38,53H,3-4,6,8-10,15-16,21-22,25,28,33-35,37,39-52,56H2,1-2H3,(H,59,60)/b7-5-,13-11-,14-12-,19-17-,20-18-,24-23-,27-26-,31-29-,32-30-,38-36-. The van der Waals surface area contributed by atoms with Crippen LogP contribution in [0, 0.1) is 0 Å². The van der Waals surface area contributed by atoms with Gasteiger partial charge in [-0.25, -0.2) is 4.57 Å². The highest BCUT2D eigenvalue weighted by Gasteiger charge is 2.26. The van der Waals surface area contributed by atoms with Gasteiger partial charge in [-0.3, -0.25) is 18.6 Å². The van der Waals surface area contributed by atoms with E-state index in [4.69, 9.17) is 24.3 Å². The van der Waals surface area contributed by atoms with Gasteiger partial charge in [0.2, 0.25) is 0 Å². The van der Waals surface area contributed by atoms with Crippen LogP contribution in [0.4, 0.5) is 0 Å². The number of carbonyl (C=O) groups is 2. The van der Waals surface area contributed by atoms with Crippen LogP contribution < -0.4 is 5.73 Å². The van der Waals surface area contributed by atoms with Crippen molar-refractivity contribution in [2.24, 2.45) is 5.73 Å². The molecule has 65 heavy (non-hydrogen) atoms. The Bertz CT molecular complexity index is 1470. The fourth-order valence-electron chi connectivity index (χ4n) is 6.15. The molecule has 0 amide bonds. The molecular weight excluding hydrogens is 834 g/mol. The van der Waals surface area contributed by atoms with Crippen molar-refractivity contribution in [2.75, 3.05) is 26.4 Å². The van der Waals surface area contributed by atoms with Crippen molar-refractivity contribution in [3.05, 3.63) is 122 Å². The molecule has 9 nitrogen and oxygen atoms in total. The quantitative estimate of drug-likeness (QED) is 0.0265. The van der Waals surface area contributed by atoms with Crippen LogP contribution in [0.5, 0.6) is 0 Å². The molecule has 0 saturated carbocycles. The smallest absolute Gasteiger partial charge is 0.462 e. The topological polar surface area (TPSA) is 134 Å². The lowest BCUT2D eigenvalue weighted by Gasteiger charge is -2.19. The summed E-state index contributed by atoms with van der Waals surface area (Å²) in [5.41, 5.74) is 5.36.